The maximum Gasteiger partial charge on any atom is 0.225 e. The highest BCUT2D eigenvalue weighted by atomic mass is 32.1. The molecule has 21 heavy (non-hydrogen) atoms. The Hall–Kier alpha value is -2.22. The van der Waals surface area contributed by atoms with Crippen LogP contribution in [-0.2, 0) is 6.42 Å². The third-order valence-electron chi connectivity index (χ3n) is 2.95. The Morgan fingerprint density at radius 2 is 2.10 bits per heavy atom. The van der Waals surface area contributed by atoms with Gasteiger partial charge in [-0.2, -0.15) is 9.97 Å². The molecule has 0 fully saturated rings. The van der Waals surface area contributed by atoms with Gasteiger partial charge in [0, 0.05) is 31.8 Å². The fourth-order valence-electron chi connectivity index (χ4n) is 2.02. The molecule has 8 heteroatoms. The molecule has 7 nitrogen and oxygen atoms in total. The number of rotatable bonds is 5. The molecule has 0 amide bonds. The standard InChI is InChI=1S/C13H16N6OS/c1-7-6-9-11(17-13(14-3)18-12(9)21-7)15-5-4-10-16-8(2)20-19-10/h6H,4-5H2,1-3H3,(H2,14,15,17,18). The fourth-order valence-corrected chi connectivity index (χ4v) is 2.90. The zero-order valence-corrected chi connectivity index (χ0v) is 12.9. The van der Waals surface area contributed by atoms with Gasteiger partial charge in [-0.3, -0.25) is 0 Å². The van der Waals surface area contributed by atoms with Crippen molar-refractivity contribution in [3.8, 4) is 0 Å². The molecule has 3 rings (SSSR count). The van der Waals surface area contributed by atoms with Crippen molar-refractivity contribution in [2.24, 2.45) is 0 Å². The summed E-state index contributed by atoms with van der Waals surface area (Å²) >= 11 is 1.66. The Bertz CT molecular complexity index is 765. The first-order valence-electron chi connectivity index (χ1n) is 6.64. The Morgan fingerprint density at radius 1 is 1.24 bits per heavy atom. The maximum absolute atomic E-state index is 4.95. The van der Waals surface area contributed by atoms with E-state index in [-0.39, 0.29) is 0 Å². The topological polar surface area (TPSA) is 88.8 Å². The second-order valence-electron chi connectivity index (χ2n) is 4.63. The van der Waals surface area contributed by atoms with Gasteiger partial charge in [0.05, 0.1) is 5.39 Å². The normalized spacial score (nSPS) is 11.0. The van der Waals surface area contributed by atoms with Crippen molar-refractivity contribution in [2.75, 3.05) is 24.2 Å². The van der Waals surface area contributed by atoms with E-state index in [0.29, 0.717) is 30.6 Å². The van der Waals surface area contributed by atoms with Gasteiger partial charge in [-0.1, -0.05) is 5.16 Å². The minimum atomic E-state index is 0.584. The third kappa shape index (κ3) is 2.94. The summed E-state index contributed by atoms with van der Waals surface area (Å²) in [5, 5.41) is 11.2. The van der Waals surface area contributed by atoms with E-state index < -0.39 is 0 Å². The second kappa shape index (κ2) is 5.65. The van der Waals surface area contributed by atoms with Gasteiger partial charge in [0.25, 0.3) is 0 Å². The first kappa shape index (κ1) is 13.7. The number of fused-ring (bicyclic) bond motifs is 1. The van der Waals surface area contributed by atoms with Gasteiger partial charge >= 0.3 is 0 Å². The van der Waals surface area contributed by atoms with Crippen LogP contribution >= 0.6 is 11.3 Å². The van der Waals surface area contributed by atoms with Crippen molar-refractivity contribution >= 4 is 33.3 Å². The van der Waals surface area contributed by atoms with E-state index in [4.69, 9.17) is 4.52 Å². The second-order valence-corrected chi connectivity index (χ2v) is 5.86. The van der Waals surface area contributed by atoms with E-state index in [0.717, 1.165) is 16.0 Å². The van der Waals surface area contributed by atoms with E-state index in [2.05, 4.69) is 43.7 Å². The first-order valence-corrected chi connectivity index (χ1v) is 7.46. The fraction of sp³-hybridized carbons (Fsp3) is 0.385. The minimum absolute atomic E-state index is 0.584. The molecule has 0 spiro atoms. The van der Waals surface area contributed by atoms with E-state index in [9.17, 15) is 0 Å². The molecular formula is C13H16N6OS. The van der Waals surface area contributed by atoms with Crippen LogP contribution < -0.4 is 10.6 Å². The zero-order chi connectivity index (χ0) is 14.8. The van der Waals surface area contributed by atoms with Crippen LogP contribution in [0.3, 0.4) is 0 Å². The van der Waals surface area contributed by atoms with Gasteiger partial charge in [0.2, 0.25) is 11.8 Å². The summed E-state index contributed by atoms with van der Waals surface area (Å²) in [6, 6.07) is 2.10. The number of anilines is 2. The van der Waals surface area contributed by atoms with Crippen molar-refractivity contribution in [1.29, 1.82) is 0 Å². The predicted octanol–water partition coefficient (Wildman–Crippen LogP) is 2.39. The lowest BCUT2D eigenvalue weighted by Gasteiger charge is -2.07. The lowest BCUT2D eigenvalue weighted by Crippen LogP contribution is -2.09. The zero-order valence-electron chi connectivity index (χ0n) is 12.1. The van der Waals surface area contributed by atoms with Crippen LogP contribution in [0.5, 0.6) is 0 Å². The minimum Gasteiger partial charge on any atom is -0.369 e. The van der Waals surface area contributed by atoms with Crippen LogP contribution in [0.1, 0.15) is 16.6 Å². The van der Waals surface area contributed by atoms with E-state index in [1.165, 1.54) is 4.88 Å². The molecule has 0 aliphatic carbocycles. The van der Waals surface area contributed by atoms with Gasteiger partial charge in [-0.05, 0) is 13.0 Å². The molecule has 3 aromatic heterocycles. The molecule has 0 aromatic carbocycles. The lowest BCUT2D eigenvalue weighted by atomic mass is 10.3. The Morgan fingerprint density at radius 3 is 2.81 bits per heavy atom. The number of hydrogen-bond donors (Lipinski definition) is 2. The number of thiophene rings is 1. The smallest absolute Gasteiger partial charge is 0.225 e. The summed E-state index contributed by atoms with van der Waals surface area (Å²) in [4.78, 5) is 15.3. The van der Waals surface area contributed by atoms with Crippen molar-refractivity contribution in [3.63, 3.8) is 0 Å². The molecule has 110 valence electrons. The van der Waals surface area contributed by atoms with Gasteiger partial charge in [-0.15, -0.1) is 11.3 Å². The number of nitrogens with one attached hydrogen (secondary N) is 2. The summed E-state index contributed by atoms with van der Waals surface area (Å²) in [7, 11) is 1.81. The molecule has 0 bridgehead atoms. The summed E-state index contributed by atoms with van der Waals surface area (Å²) in [5.41, 5.74) is 0. The van der Waals surface area contributed by atoms with Crippen molar-refractivity contribution in [1.82, 2.24) is 20.1 Å². The molecule has 0 radical (unpaired) electrons. The molecule has 3 heterocycles. The highest BCUT2D eigenvalue weighted by Crippen LogP contribution is 2.29. The molecule has 0 unspecified atom stereocenters. The number of nitrogens with zero attached hydrogens (tertiary/aromatic N) is 4. The van der Waals surface area contributed by atoms with Crippen LogP contribution in [0.2, 0.25) is 0 Å². The summed E-state index contributed by atoms with van der Waals surface area (Å²) in [5.74, 6) is 2.72. The molecule has 0 saturated carbocycles. The summed E-state index contributed by atoms with van der Waals surface area (Å²) in [6.07, 6.45) is 0.681. The molecule has 0 aliphatic rings. The predicted molar refractivity (Wildman–Crippen MR) is 82.9 cm³/mol. The Balaban J connectivity index is 1.78. The Kier molecular flexibility index (Phi) is 3.70. The van der Waals surface area contributed by atoms with Crippen LogP contribution in [-0.4, -0.2) is 33.7 Å². The Labute approximate surface area is 125 Å². The van der Waals surface area contributed by atoms with E-state index >= 15 is 0 Å². The summed E-state index contributed by atoms with van der Waals surface area (Å²) in [6.45, 7) is 4.53. The van der Waals surface area contributed by atoms with Crippen molar-refractivity contribution in [2.45, 2.75) is 20.3 Å². The van der Waals surface area contributed by atoms with Gasteiger partial charge in [-0.25, -0.2) is 4.98 Å². The van der Waals surface area contributed by atoms with Gasteiger partial charge in [0.15, 0.2) is 5.82 Å². The van der Waals surface area contributed by atoms with Gasteiger partial charge < -0.3 is 15.2 Å². The maximum atomic E-state index is 4.95. The average molecular weight is 304 g/mol. The number of hydrogen-bond acceptors (Lipinski definition) is 8. The van der Waals surface area contributed by atoms with Gasteiger partial charge in [0.1, 0.15) is 10.6 Å². The highest BCUT2D eigenvalue weighted by Gasteiger charge is 2.10. The first-order chi connectivity index (χ1) is 10.2. The van der Waals surface area contributed by atoms with Crippen molar-refractivity contribution < 1.29 is 4.52 Å². The van der Waals surface area contributed by atoms with Crippen LogP contribution in [0.4, 0.5) is 11.8 Å². The largest absolute Gasteiger partial charge is 0.369 e. The molecule has 0 aliphatic heterocycles. The lowest BCUT2D eigenvalue weighted by molar-refractivity contribution is 0.387. The van der Waals surface area contributed by atoms with E-state index in [1.807, 2.05) is 7.05 Å². The quantitative estimate of drug-likeness (QED) is 0.748. The molecule has 3 aromatic rings. The molecular weight excluding hydrogens is 288 g/mol. The van der Waals surface area contributed by atoms with Crippen LogP contribution in [0.15, 0.2) is 10.6 Å². The summed E-state index contributed by atoms with van der Waals surface area (Å²) < 4.78 is 4.95. The number of aryl methyl sites for hydroxylation is 2. The molecule has 0 saturated heterocycles. The SMILES string of the molecule is CNc1nc(NCCc2noc(C)n2)c2cc(C)sc2n1. The monoisotopic (exact) mass is 304 g/mol. The van der Waals surface area contributed by atoms with Crippen molar-refractivity contribution in [3.05, 3.63) is 22.7 Å². The van der Waals surface area contributed by atoms with E-state index in [1.54, 1.807) is 18.3 Å². The molecule has 2 N–H and O–H groups in total. The molecule has 0 atom stereocenters. The van der Waals surface area contributed by atoms with Crippen LogP contribution in [0.25, 0.3) is 10.2 Å². The third-order valence-corrected chi connectivity index (χ3v) is 3.89. The average Bonchev–Trinajstić information content (AvgIpc) is 3.03. The highest BCUT2D eigenvalue weighted by molar-refractivity contribution is 7.18. The van der Waals surface area contributed by atoms with Crippen LogP contribution in [0, 0.1) is 13.8 Å². The number of aromatic nitrogens is 4.